The highest BCUT2D eigenvalue weighted by molar-refractivity contribution is 5.42. The molecule has 0 spiro atoms. The third-order valence-corrected chi connectivity index (χ3v) is 1.56. The molecule has 0 saturated carbocycles. The van der Waals surface area contributed by atoms with Gasteiger partial charge in [-0.05, 0) is 33.7 Å². The third-order valence-electron chi connectivity index (χ3n) is 1.56. The van der Waals surface area contributed by atoms with E-state index in [9.17, 15) is 0 Å². The Morgan fingerprint density at radius 3 is 2.15 bits per heavy atom. The maximum absolute atomic E-state index is 3.88. The van der Waals surface area contributed by atoms with Gasteiger partial charge in [0, 0.05) is 0 Å². The van der Waals surface area contributed by atoms with Crippen LogP contribution >= 0.6 is 0 Å². The molecule has 0 aliphatic heterocycles. The van der Waals surface area contributed by atoms with Crippen LogP contribution in [0.4, 0.5) is 0 Å². The number of nitrogens with zero attached hydrogens (tertiary/aromatic N) is 2. The van der Waals surface area contributed by atoms with Gasteiger partial charge in [-0.25, -0.2) is 0 Å². The van der Waals surface area contributed by atoms with E-state index in [-0.39, 0.29) is 0 Å². The normalized spacial score (nSPS) is 13.4. The van der Waals surface area contributed by atoms with Crippen LogP contribution < -0.4 is 0 Å². The largest absolute Gasteiger partial charge is 0.263 e. The molecule has 2 nitrogen and oxygen atoms in total. The molecule has 0 bridgehead atoms. The van der Waals surface area contributed by atoms with Crippen LogP contribution in [0.1, 0.15) is 20.3 Å². The maximum Gasteiger partial charge on any atom is 0.0838 e. The molecule has 0 aromatic rings. The van der Waals surface area contributed by atoms with Crippen molar-refractivity contribution in [1.82, 2.24) is 0 Å². The second kappa shape index (κ2) is 7.22. The summed E-state index contributed by atoms with van der Waals surface area (Å²) in [5, 5.41) is 0. The van der Waals surface area contributed by atoms with Crippen molar-refractivity contribution >= 4 is 13.4 Å². The second-order valence-corrected chi connectivity index (χ2v) is 2.38. The molecule has 0 rings (SSSR count). The van der Waals surface area contributed by atoms with Gasteiger partial charge < -0.3 is 0 Å². The summed E-state index contributed by atoms with van der Waals surface area (Å²) in [5.41, 5.74) is 1.56. The van der Waals surface area contributed by atoms with E-state index in [0.717, 1.165) is 17.8 Å². The van der Waals surface area contributed by atoms with E-state index < -0.39 is 0 Å². The summed E-state index contributed by atoms with van der Waals surface area (Å²) in [6.07, 6.45) is 8.72. The minimum atomic E-state index is 0.777. The molecule has 0 atom stereocenters. The zero-order valence-corrected chi connectivity index (χ0v) is 8.33. The van der Waals surface area contributed by atoms with E-state index in [4.69, 9.17) is 0 Å². The van der Waals surface area contributed by atoms with Gasteiger partial charge in [-0.3, -0.25) is 9.98 Å². The predicted octanol–water partition coefficient (Wildman–Crippen LogP) is 3.14. The Morgan fingerprint density at radius 2 is 1.77 bits per heavy atom. The summed E-state index contributed by atoms with van der Waals surface area (Å²) in [5.74, 6) is 0. The lowest BCUT2D eigenvalue weighted by molar-refractivity contribution is 1.20. The first kappa shape index (κ1) is 11.6. The number of aliphatic imine (C=N–C) groups is 2. The Hall–Kier alpha value is -1.44. The molecule has 0 aliphatic rings. The van der Waals surface area contributed by atoms with Crippen molar-refractivity contribution in [2.45, 2.75) is 20.3 Å². The first-order valence-corrected chi connectivity index (χ1v) is 4.21. The first-order chi connectivity index (χ1) is 6.29. The average Bonchev–Trinajstić information content (AvgIpc) is 2.17. The number of hydrogen-bond donors (Lipinski definition) is 0. The van der Waals surface area contributed by atoms with E-state index >= 15 is 0 Å². The molecule has 0 amide bonds. The summed E-state index contributed by atoms with van der Waals surface area (Å²) in [6.45, 7) is 10.8. The van der Waals surface area contributed by atoms with Crippen molar-refractivity contribution in [2.75, 3.05) is 0 Å². The SMILES string of the molecule is C=NC(=C/C)/C(=C\C/C=C\C)N=C. The van der Waals surface area contributed by atoms with Gasteiger partial charge in [0.25, 0.3) is 0 Å². The van der Waals surface area contributed by atoms with Gasteiger partial charge in [-0.2, -0.15) is 0 Å². The van der Waals surface area contributed by atoms with Crippen LogP contribution in [-0.2, 0) is 0 Å². The van der Waals surface area contributed by atoms with Gasteiger partial charge in [0.15, 0.2) is 0 Å². The lowest BCUT2D eigenvalue weighted by atomic mass is 10.2. The van der Waals surface area contributed by atoms with Crippen LogP contribution in [0.5, 0.6) is 0 Å². The van der Waals surface area contributed by atoms with E-state index in [1.807, 2.05) is 38.2 Å². The van der Waals surface area contributed by atoms with Crippen LogP contribution in [-0.4, -0.2) is 13.4 Å². The second-order valence-electron chi connectivity index (χ2n) is 2.38. The van der Waals surface area contributed by atoms with Crippen molar-refractivity contribution in [3.63, 3.8) is 0 Å². The quantitative estimate of drug-likeness (QED) is 0.349. The van der Waals surface area contributed by atoms with E-state index in [1.54, 1.807) is 0 Å². The number of rotatable bonds is 5. The van der Waals surface area contributed by atoms with Gasteiger partial charge in [-0.1, -0.05) is 24.3 Å². The lowest BCUT2D eigenvalue weighted by Gasteiger charge is -1.99. The fourth-order valence-electron chi connectivity index (χ4n) is 0.886. The highest BCUT2D eigenvalue weighted by atomic mass is 14.8. The van der Waals surface area contributed by atoms with Crippen LogP contribution in [0.25, 0.3) is 0 Å². The van der Waals surface area contributed by atoms with Crippen LogP contribution in [0.15, 0.2) is 45.7 Å². The molecule has 0 aliphatic carbocycles. The van der Waals surface area contributed by atoms with Crippen molar-refractivity contribution in [3.8, 4) is 0 Å². The van der Waals surface area contributed by atoms with Crippen LogP contribution in [0.3, 0.4) is 0 Å². The fourth-order valence-corrected chi connectivity index (χ4v) is 0.886. The molecule has 0 heterocycles. The number of allylic oxidation sites excluding steroid dienone is 4. The Morgan fingerprint density at radius 1 is 1.15 bits per heavy atom. The Labute approximate surface area is 80.1 Å². The summed E-state index contributed by atoms with van der Waals surface area (Å²) >= 11 is 0. The molecule has 0 aromatic carbocycles. The highest BCUT2D eigenvalue weighted by Crippen LogP contribution is 2.12. The van der Waals surface area contributed by atoms with E-state index in [2.05, 4.69) is 23.4 Å². The maximum atomic E-state index is 3.88. The molecule has 0 N–H and O–H groups in total. The summed E-state index contributed by atoms with van der Waals surface area (Å²) in [7, 11) is 0. The molecule has 0 aromatic heterocycles. The van der Waals surface area contributed by atoms with Crippen molar-refractivity contribution in [2.24, 2.45) is 9.98 Å². The molecule has 70 valence electrons. The van der Waals surface area contributed by atoms with Gasteiger partial charge in [-0.15, -0.1) is 0 Å². The third kappa shape index (κ3) is 4.21. The van der Waals surface area contributed by atoms with Crippen molar-refractivity contribution < 1.29 is 0 Å². The number of hydrogen-bond acceptors (Lipinski definition) is 2. The summed E-state index contributed by atoms with van der Waals surface area (Å²) < 4.78 is 0. The van der Waals surface area contributed by atoms with Gasteiger partial charge in [0.2, 0.25) is 0 Å². The molecule has 0 unspecified atom stereocenters. The molecule has 0 radical (unpaired) electrons. The molecule has 0 fully saturated rings. The topological polar surface area (TPSA) is 24.7 Å². The monoisotopic (exact) mass is 176 g/mol. The van der Waals surface area contributed by atoms with E-state index in [0.29, 0.717) is 0 Å². The van der Waals surface area contributed by atoms with Gasteiger partial charge >= 0.3 is 0 Å². The minimum Gasteiger partial charge on any atom is -0.263 e. The Bertz CT molecular complexity index is 257. The average molecular weight is 176 g/mol. The molecular formula is C11H16N2. The predicted molar refractivity (Wildman–Crippen MR) is 60.4 cm³/mol. The summed E-state index contributed by atoms with van der Waals surface area (Å²) in [6, 6.07) is 0. The Balaban J connectivity index is 4.57. The van der Waals surface area contributed by atoms with Crippen molar-refractivity contribution in [3.05, 3.63) is 35.7 Å². The van der Waals surface area contributed by atoms with E-state index in [1.165, 1.54) is 0 Å². The minimum absolute atomic E-state index is 0.777. The fraction of sp³-hybridized carbons (Fsp3) is 0.273. The zero-order valence-electron chi connectivity index (χ0n) is 8.33. The smallest absolute Gasteiger partial charge is 0.0838 e. The van der Waals surface area contributed by atoms with Crippen LogP contribution in [0.2, 0.25) is 0 Å². The molecular weight excluding hydrogens is 160 g/mol. The van der Waals surface area contributed by atoms with Crippen molar-refractivity contribution in [1.29, 1.82) is 0 Å². The molecule has 13 heavy (non-hydrogen) atoms. The zero-order chi connectivity index (χ0) is 10.1. The molecule has 2 heteroatoms. The van der Waals surface area contributed by atoms with Gasteiger partial charge in [0.1, 0.15) is 0 Å². The lowest BCUT2D eigenvalue weighted by Crippen LogP contribution is -1.82. The summed E-state index contributed by atoms with van der Waals surface area (Å²) in [4.78, 5) is 7.72. The Kier molecular flexibility index (Phi) is 6.42. The van der Waals surface area contributed by atoms with Crippen LogP contribution in [0, 0.1) is 0 Å². The standard InChI is InChI=1S/C11H16N2/c1-5-7-8-9-11(13-4)10(6-2)12-3/h5-7,9H,3-4,8H2,1-2H3/b7-5-,10-6+,11-9+. The first-order valence-electron chi connectivity index (χ1n) is 4.21. The molecule has 0 saturated heterocycles. The highest BCUT2D eigenvalue weighted by Gasteiger charge is 1.96. The van der Waals surface area contributed by atoms with Gasteiger partial charge in [0.05, 0.1) is 11.4 Å².